The van der Waals surface area contributed by atoms with E-state index in [-0.39, 0.29) is 17.2 Å². The summed E-state index contributed by atoms with van der Waals surface area (Å²) < 4.78 is 13.1. The van der Waals surface area contributed by atoms with Crippen LogP contribution >= 0.6 is 11.6 Å². The lowest BCUT2D eigenvalue weighted by Gasteiger charge is -2.19. The van der Waals surface area contributed by atoms with Crippen molar-refractivity contribution in [2.45, 2.75) is 32.3 Å². The highest BCUT2D eigenvalue weighted by molar-refractivity contribution is 6.31. The second kappa shape index (κ2) is 4.93. The van der Waals surface area contributed by atoms with Crippen molar-refractivity contribution in [1.82, 2.24) is 0 Å². The summed E-state index contributed by atoms with van der Waals surface area (Å²) in [6, 6.07) is 4.30. The first-order chi connectivity index (χ1) is 7.38. The number of benzene rings is 1. The fourth-order valence-corrected chi connectivity index (χ4v) is 1.44. The Balaban J connectivity index is 2.90. The first-order valence-electron chi connectivity index (χ1n) is 5.07. The Morgan fingerprint density at radius 1 is 1.56 bits per heavy atom. The molecule has 0 heterocycles. The van der Waals surface area contributed by atoms with E-state index in [4.69, 9.17) is 11.6 Å². The topological polar surface area (TPSA) is 37.3 Å². The second-order valence-electron chi connectivity index (χ2n) is 3.94. The van der Waals surface area contributed by atoms with Crippen LogP contribution in [0.3, 0.4) is 0 Å². The Morgan fingerprint density at radius 3 is 2.75 bits per heavy atom. The van der Waals surface area contributed by atoms with Crippen LogP contribution in [-0.4, -0.2) is 16.5 Å². The zero-order chi connectivity index (χ0) is 12.3. The van der Waals surface area contributed by atoms with Crippen molar-refractivity contribution in [2.75, 3.05) is 0 Å². The van der Waals surface area contributed by atoms with E-state index in [1.54, 1.807) is 13.0 Å². The molecule has 0 saturated carbocycles. The molecule has 2 nitrogen and oxygen atoms in total. The summed E-state index contributed by atoms with van der Waals surface area (Å²) in [6.45, 7) is 3.16. The van der Waals surface area contributed by atoms with E-state index in [9.17, 15) is 14.3 Å². The van der Waals surface area contributed by atoms with Crippen LogP contribution in [-0.2, 0) is 11.2 Å². The molecule has 0 fully saturated rings. The van der Waals surface area contributed by atoms with Gasteiger partial charge in [-0.3, -0.25) is 4.79 Å². The molecule has 4 heteroatoms. The van der Waals surface area contributed by atoms with E-state index in [0.717, 1.165) is 0 Å². The molecule has 0 amide bonds. The zero-order valence-electron chi connectivity index (χ0n) is 9.26. The molecule has 0 radical (unpaired) electrons. The van der Waals surface area contributed by atoms with E-state index in [1.165, 1.54) is 19.1 Å². The Bertz CT molecular complexity index is 402. The molecule has 1 atom stereocenters. The lowest BCUT2D eigenvalue weighted by molar-refractivity contribution is -0.135. The van der Waals surface area contributed by atoms with Crippen molar-refractivity contribution in [3.05, 3.63) is 34.6 Å². The van der Waals surface area contributed by atoms with Gasteiger partial charge in [0.15, 0.2) is 5.78 Å². The fraction of sp³-hybridized carbons (Fsp3) is 0.417. The quantitative estimate of drug-likeness (QED) is 0.884. The molecular weight excluding hydrogens is 231 g/mol. The van der Waals surface area contributed by atoms with Gasteiger partial charge in [0.05, 0.1) is 5.02 Å². The summed E-state index contributed by atoms with van der Waals surface area (Å²) in [7, 11) is 0. The van der Waals surface area contributed by atoms with Crippen LogP contribution in [0.25, 0.3) is 0 Å². The molecule has 1 rings (SSSR count). The summed E-state index contributed by atoms with van der Waals surface area (Å²) in [5.74, 6) is -0.911. The lowest BCUT2D eigenvalue weighted by Crippen LogP contribution is -2.35. The molecule has 1 unspecified atom stereocenters. The predicted molar refractivity (Wildman–Crippen MR) is 61.0 cm³/mol. The smallest absolute Gasteiger partial charge is 0.168 e. The zero-order valence-corrected chi connectivity index (χ0v) is 10.0. The highest BCUT2D eigenvalue weighted by atomic mass is 35.5. The van der Waals surface area contributed by atoms with Gasteiger partial charge >= 0.3 is 0 Å². The summed E-state index contributed by atoms with van der Waals surface area (Å²) in [5.41, 5.74) is -0.976. The normalized spacial score (nSPS) is 14.6. The molecule has 0 aliphatic carbocycles. The van der Waals surface area contributed by atoms with Gasteiger partial charge in [-0.15, -0.1) is 0 Å². The molecule has 0 saturated heterocycles. The third-order valence-corrected chi connectivity index (χ3v) is 3.10. The van der Waals surface area contributed by atoms with Crippen LogP contribution in [0.1, 0.15) is 25.8 Å². The minimum atomic E-state index is -1.38. The molecule has 0 bridgehead atoms. The standard InChI is InChI=1S/C12H14ClFO2/c1-3-12(2,16)10(15)7-8-5-4-6-9(14)11(8)13/h4-6,16H,3,7H2,1-2H3. The average molecular weight is 245 g/mol. The second-order valence-corrected chi connectivity index (χ2v) is 4.32. The maximum Gasteiger partial charge on any atom is 0.168 e. The van der Waals surface area contributed by atoms with Crippen LogP contribution in [0.4, 0.5) is 4.39 Å². The Kier molecular flexibility index (Phi) is 4.05. The molecule has 88 valence electrons. The Hall–Kier alpha value is -0.930. The van der Waals surface area contributed by atoms with E-state index >= 15 is 0 Å². The third-order valence-electron chi connectivity index (χ3n) is 2.67. The van der Waals surface area contributed by atoms with E-state index in [2.05, 4.69) is 0 Å². The van der Waals surface area contributed by atoms with Crippen molar-refractivity contribution in [3.63, 3.8) is 0 Å². The van der Waals surface area contributed by atoms with E-state index in [1.807, 2.05) is 0 Å². The Morgan fingerprint density at radius 2 is 2.19 bits per heavy atom. The number of ketones is 1. The van der Waals surface area contributed by atoms with E-state index in [0.29, 0.717) is 12.0 Å². The highest BCUT2D eigenvalue weighted by Crippen LogP contribution is 2.22. The molecule has 0 aromatic heterocycles. The van der Waals surface area contributed by atoms with Gasteiger partial charge in [-0.25, -0.2) is 4.39 Å². The predicted octanol–water partition coefficient (Wildman–Crippen LogP) is 2.75. The third kappa shape index (κ3) is 2.80. The first kappa shape index (κ1) is 13.1. The molecule has 16 heavy (non-hydrogen) atoms. The Labute approximate surface area is 99.0 Å². The van der Waals surface area contributed by atoms with Crippen LogP contribution in [0.15, 0.2) is 18.2 Å². The maximum atomic E-state index is 13.1. The van der Waals surface area contributed by atoms with Gasteiger partial charge in [0.1, 0.15) is 11.4 Å². The summed E-state index contributed by atoms with van der Waals surface area (Å²) >= 11 is 5.72. The molecule has 1 aromatic carbocycles. The minimum Gasteiger partial charge on any atom is -0.382 e. The largest absolute Gasteiger partial charge is 0.382 e. The molecular formula is C12H14ClFO2. The summed E-state index contributed by atoms with van der Waals surface area (Å²) in [6.07, 6.45) is 0.260. The van der Waals surface area contributed by atoms with Crippen LogP contribution in [0, 0.1) is 5.82 Å². The number of carbonyl (C=O) groups excluding carboxylic acids is 1. The highest BCUT2D eigenvalue weighted by Gasteiger charge is 2.28. The van der Waals surface area contributed by atoms with E-state index < -0.39 is 11.4 Å². The van der Waals surface area contributed by atoms with Gasteiger partial charge in [-0.2, -0.15) is 0 Å². The van der Waals surface area contributed by atoms with Gasteiger partial charge in [0, 0.05) is 6.42 Å². The SMILES string of the molecule is CCC(C)(O)C(=O)Cc1cccc(F)c1Cl. The maximum absolute atomic E-state index is 13.1. The fourth-order valence-electron chi connectivity index (χ4n) is 1.25. The molecule has 1 N–H and O–H groups in total. The van der Waals surface area contributed by atoms with Crippen molar-refractivity contribution in [2.24, 2.45) is 0 Å². The summed E-state index contributed by atoms with van der Waals surface area (Å²) in [4.78, 5) is 11.7. The monoisotopic (exact) mass is 244 g/mol. The number of hydrogen-bond acceptors (Lipinski definition) is 2. The first-order valence-corrected chi connectivity index (χ1v) is 5.45. The van der Waals surface area contributed by atoms with Gasteiger partial charge in [-0.05, 0) is 25.0 Å². The summed E-state index contributed by atoms with van der Waals surface area (Å²) in [5, 5.41) is 9.67. The number of Topliss-reactive ketones (excluding diaryl/α,β-unsaturated/α-hetero) is 1. The van der Waals surface area contributed by atoms with Crippen molar-refractivity contribution in [1.29, 1.82) is 0 Å². The molecule has 0 aliphatic heterocycles. The van der Waals surface area contributed by atoms with Gasteiger partial charge < -0.3 is 5.11 Å². The molecule has 0 spiro atoms. The minimum absolute atomic E-state index is 0.0530. The molecule has 1 aromatic rings. The van der Waals surface area contributed by atoms with Crippen LogP contribution in [0.5, 0.6) is 0 Å². The van der Waals surface area contributed by atoms with Gasteiger partial charge in [-0.1, -0.05) is 30.7 Å². The molecule has 0 aliphatic rings. The number of rotatable bonds is 4. The number of hydrogen-bond donors (Lipinski definition) is 1. The number of aliphatic hydroxyl groups is 1. The average Bonchev–Trinajstić information content (AvgIpc) is 2.24. The van der Waals surface area contributed by atoms with Gasteiger partial charge in [0.2, 0.25) is 0 Å². The number of carbonyl (C=O) groups is 1. The van der Waals surface area contributed by atoms with Crippen LogP contribution < -0.4 is 0 Å². The number of halogens is 2. The van der Waals surface area contributed by atoms with Crippen molar-refractivity contribution in [3.8, 4) is 0 Å². The van der Waals surface area contributed by atoms with Gasteiger partial charge in [0.25, 0.3) is 0 Å². The van der Waals surface area contributed by atoms with Crippen LogP contribution in [0.2, 0.25) is 5.02 Å². The lowest BCUT2D eigenvalue weighted by atomic mass is 9.93. The van der Waals surface area contributed by atoms with Crippen molar-refractivity contribution >= 4 is 17.4 Å². The van der Waals surface area contributed by atoms with Crippen molar-refractivity contribution < 1.29 is 14.3 Å².